The first-order chi connectivity index (χ1) is 12.0. The zero-order valence-electron chi connectivity index (χ0n) is 14.0. The zero-order chi connectivity index (χ0) is 18.0. The van der Waals surface area contributed by atoms with Crippen LogP contribution in [0.2, 0.25) is 0 Å². The Balaban J connectivity index is 1.70. The predicted molar refractivity (Wildman–Crippen MR) is 92.2 cm³/mol. The van der Waals surface area contributed by atoms with Crippen LogP contribution >= 0.6 is 0 Å². The highest BCUT2D eigenvalue weighted by Gasteiger charge is 2.29. The van der Waals surface area contributed by atoms with Crippen molar-refractivity contribution in [2.75, 3.05) is 10.6 Å². The van der Waals surface area contributed by atoms with E-state index >= 15 is 0 Å². The van der Waals surface area contributed by atoms with Crippen LogP contribution in [-0.2, 0) is 16.1 Å². The molecule has 1 aliphatic heterocycles. The molecule has 1 aliphatic rings. The molecule has 0 aliphatic carbocycles. The Morgan fingerprint density at radius 3 is 2.80 bits per heavy atom. The Labute approximate surface area is 144 Å². The summed E-state index contributed by atoms with van der Waals surface area (Å²) < 4.78 is 1.71. The number of para-hydroxylation sites is 1. The maximum Gasteiger partial charge on any atom is 0.254 e. The molecule has 0 radical (unpaired) electrons. The molecule has 0 bridgehead atoms. The lowest BCUT2D eigenvalue weighted by atomic mass is 10.1. The zero-order valence-corrected chi connectivity index (χ0v) is 14.0. The van der Waals surface area contributed by atoms with Gasteiger partial charge in [0, 0.05) is 12.7 Å². The van der Waals surface area contributed by atoms with Gasteiger partial charge in [0.25, 0.3) is 5.91 Å². The van der Waals surface area contributed by atoms with Crippen molar-refractivity contribution in [2.24, 2.45) is 0 Å². The first kappa shape index (κ1) is 16.7. The average Bonchev–Trinajstić information content (AvgIpc) is 2.88. The largest absolute Gasteiger partial charge is 0.340 e. The predicted octanol–water partition coefficient (Wildman–Crippen LogP) is 1.29. The molecule has 1 aromatic carbocycles. The molecule has 1 unspecified atom stereocenters. The van der Waals surface area contributed by atoms with Gasteiger partial charge < -0.3 is 16.0 Å². The Bertz CT molecular complexity index is 843. The molecule has 3 N–H and O–H groups in total. The van der Waals surface area contributed by atoms with Crippen LogP contribution < -0.4 is 16.0 Å². The SMILES string of the molecule is CCn1cc(NC(=O)CC2NC(=O)c3ccccc3NC2=O)c(C)n1. The molecular weight excluding hydrogens is 322 g/mol. The van der Waals surface area contributed by atoms with Gasteiger partial charge in [-0.05, 0) is 26.0 Å². The normalized spacial score (nSPS) is 16.5. The van der Waals surface area contributed by atoms with Crippen molar-refractivity contribution in [1.82, 2.24) is 15.1 Å². The van der Waals surface area contributed by atoms with Crippen LogP contribution in [0.15, 0.2) is 30.5 Å². The summed E-state index contributed by atoms with van der Waals surface area (Å²) in [6, 6.07) is 5.77. The molecule has 1 atom stereocenters. The molecule has 8 heteroatoms. The lowest BCUT2D eigenvalue weighted by molar-refractivity contribution is -0.122. The number of nitrogens with one attached hydrogen (secondary N) is 3. The summed E-state index contributed by atoms with van der Waals surface area (Å²) in [5.41, 5.74) is 2.10. The minimum atomic E-state index is -0.943. The summed E-state index contributed by atoms with van der Waals surface area (Å²) in [5.74, 6) is -1.18. The van der Waals surface area contributed by atoms with Crippen LogP contribution in [0.1, 0.15) is 29.4 Å². The minimum absolute atomic E-state index is 0.164. The molecule has 2 aromatic rings. The lowest BCUT2D eigenvalue weighted by Gasteiger charge is -2.14. The first-order valence-corrected chi connectivity index (χ1v) is 8.02. The summed E-state index contributed by atoms with van der Waals surface area (Å²) in [6.07, 6.45) is 1.57. The van der Waals surface area contributed by atoms with Gasteiger partial charge in [-0.2, -0.15) is 5.10 Å². The number of aryl methyl sites for hydroxylation is 2. The summed E-state index contributed by atoms with van der Waals surface area (Å²) in [6.45, 7) is 4.43. The molecule has 130 valence electrons. The quantitative estimate of drug-likeness (QED) is 0.779. The fourth-order valence-corrected chi connectivity index (χ4v) is 2.64. The van der Waals surface area contributed by atoms with Crippen molar-refractivity contribution in [3.05, 3.63) is 41.7 Å². The Kier molecular flexibility index (Phi) is 4.51. The van der Waals surface area contributed by atoms with Gasteiger partial charge in [0.15, 0.2) is 0 Å². The second-order valence-corrected chi connectivity index (χ2v) is 5.80. The van der Waals surface area contributed by atoms with Gasteiger partial charge >= 0.3 is 0 Å². The number of aromatic nitrogens is 2. The van der Waals surface area contributed by atoms with Crippen LogP contribution in [0.3, 0.4) is 0 Å². The van der Waals surface area contributed by atoms with E-state index in [4.69, 9.17) is 0 Å². The van der Waals surface area contributed by atoms with E-state index in [1.165, 1.54) is 0 Å². The van der Waals surface area contributed by atoms with Crippen molar-refractivity contribution >= 4 is 29.1 Å². The molecule has 3 rings (SSSR count). The maximum absolute atomic E-state index is 12.3. The second kappa shape index (κ2) is 6.76. The van der Waals surface area contributed by atoms with Crippen molar-refractivity contribution in [3.63, 3.8) is 0 Å². The van der Waals surface area contributed by atoms with Crippen LogP contribution in [0.5, 0.6) is 0 Å². The van der Waals surface area contributed by atoms with Gasteiger partial charge in [0.1, 0.15) is 6.04 Å². The third-order valence-electron chi connectivity index (χ3n) is 3.99. The van der Waals surface area contributed by atoms with Crippen molar-refractivity contribution < 1.29 is 14.4 Å². The van der Waals surface area contributed by atoms with E-state index in [9.17, 15) is 14.4 Å². The molecule has 8 nitrogen and oxygen atoms in total. The first-order valence-electron chi connectivity index (χ1n) is 8.02. The van der Waals surface area contributed by atoms with Gasteiger partial charge in [0.2, 0.25) is 11.8 Å². The lowest BCUT2D eigenvalue weighted by Crippen LogP contribution is -2.43. The number of hydrogen-bond acceptors (Lipinski definition) is 4. The summed E-state index contributed by atoms with van der Waals surface area (Å²) in [4.78, 5) is 36.8. The Morgan fingerprint density at radius 1 is 1.32 bits per heavy atom. The molecule has 0 saturated carbocycles. The van der Waals surface area contributed by atoms with E-state index in [2.05, 4.69) is 21.0 Å². The number of carbonyl (C=O) groups excluding carboxylic acids is 3. The number of nitrogens with zero attached hydrogens (tertiary/aromatic N) is 2. The van der Waals surface area contributed by atoms with Crippen LogP contribution in [-0.4, -0.2) is 33.5 Å². The highest BCUT2D eigenvalue weighted by atomic mass is 16.2. The Morgan fingerprint density at radius 2 is 2.08 bits per heavy atom. The number of fused-ring (bicyclic) bond motifs is 1. The average molecular weight is 341 g/mol. The van der Waals surface area contributed by atoms with Gasteiger partial charge in [-0.1, -0.05) is 12.1 Å². The standard InChI is InChI=1S/C17H19N5O3/c1-3-22-9-14(10(2)21-22)18-15(23)8-13-17(25)19-12-7-5-4-6-11(12)16(24)20-13/h4-7,9,13H,3,8H2,1-2H3,(H,18,23)(H,19,25)(H,20,24). The maximum atomic E-state index is 12.3. The smallest absolute Gasteiger partial charge is 0.254 e. The highest BCUT2D eigenvalue weighted by molar-refractivity contribution is 6.11. The fourth-order valence-electron chi connectivity index (χ4n) is 2.64. The molecule has 3 amide bonds. The number of amides is 3. The number of benzene rings is 1. The van der Waals surface area contributed by atoms with Crippen molar-refractivity contribution in [1.29, 1.82) is 0 Å². The highest BCUT2D eigenvalue weighted by Crippen LogP contribution is 2.19. The molecule has 0 fully saturated rings. The van der Waals surface area contributed by atoms with Gasteiger partial charge in [-0.25, -0.2) is 0 Å². The number of anilines is 2. The van der Waals surface area contributed by atoms with E-state index in [1.54, 1.807) is 42.1 Å². The third-order valence-corrected chi connectivity index (χ3v) is 3.99. The molecule has 0 spiro atoms. The Hall–Kier alpha value is -3.16. The van der Waals surface area contributed by atoms with E-state index in [1.807, 2.05) is 6.92 Å². The monoisotopic (exact) mass is 341 g/mol. The van der Waals surface area contributed by atoms with Crippen molar-refractivity contribution in [3.8, 4) is 0 Å². The molecular formula is C17H19N5O3. The van der Waals surface area contributed by atoms with E-state index in [0.29, 0.717) is 29.2 Å². The third kappa shape index (κ3) is 3.52. The second-order valence-electron chi connectivity index (χ2n) is 5.80. The number of hydrogen-bond donors (Lipinski definition) is 3. The number of carbonyl (C=O) groups is 3. The molecule has 1 aromatic heterocycles. The fraction of sp³-hybridized carbons (Fsp3) is 0.294. The van der Waals surface area contributed by atoms with Gasteiger partial charge in [-0.15, -0.1) is 0 Å². The summed E-state index contributed by atoms with van der Waals surface area (Å²) >= 11 is 0. The van der Waals surface area contributed by atoms with E-state index < -0.39 is 11.9 Å². The summed E-state index contributed by atoms with van der Waals surface area (Å²) in [5, 5.41) is 12.3. The van der Waals surface area contributed by atoms with Crippen LogP contribution in [0.4, 0.5) is 11.4 Å². The number of rotatable bonds is 4. The van der Waals surface area contributed by atoms with Gasteiger partial charge in [-0.3, -0.25) is 19.1 Å². The molecule has 25 heavy (non-hydrogen) atoms. The minimum Gasteiger partial charge on any atom is -0.340 e. The summed E-state index contributed by atoms with van der Waals surface area (Å²) in [7, 11) is 0. The molecule has 2 heterocycles. The van der Waals surface area contributed by atoms with Crippen molar-refractivity contribution in [2.45, 2.75) is 32.9 Å². The van der Waals surface area contributed by atoms with E-state index in [0.717, 1.165) is 0 Å². The topological polar surface area (TPSA) is 105 Å². The molecule has 0 saturated heterocycles. The van der Waals surface area contributed by atoms with E-state index in [-0.39, 0.29) is 18.2 Å². The van der Waals surface area contributed by atoms with Crippen LogP contribution in [0.25, 0.3) is 0 Å². The van der Waals surface area contributed by atoms with Gasteiger partial charge in [0.05, 0.1) is 29.1 Å². The van der Waals surface area contributed by atoms with Crippen LogP contribution in [0, 0.1) is 6.92 Å².